The molecule has 3 amide bonds. The molecule has 10 heteroatoms. The summed E-state index contributed by atoms with van der Waals surface area (Å²) < 4.78 is 0. The molecule has 0 saturated heterocycles. The maximum absolute atomic E-state index is 13.0. The van der Waals surface area contributed by atoms with Crippen molar-refractivity contribution in [2.45, 2.75) is 43.9 Å². The number of nitrogens with two attached hydrogens (primary N) is 1. The summed E-state index contributed by atoms with van der Waals surface area (Å²) in [4.78, 5) is 49.0. The van der Waals surface area contributed by atoms with Gasteiger partial charge in [0.25, 0.3) is 0 Å². The molecule has 2 aromatic carbocycles. The standard InChI is InChI=1S/C24H30N4O6/c1-15(24(33)34)26-23(32)20(14-29)28-22(31)19(13-17-10-6-3-7-11-17)27-21(30)18(25)12-16-8-4-2-5-9-16/h2-11,15,18-20,29H,12-14,25H2,1H3,(H,26,32)(H,27,30)(H,28,31)(H,33,34). The predicted octanol–water partition coefficient (Wildman–Crippen LogP) is -0.650. The van der Waals surface area contributed by atoms with Gasteiger partial charge >= 0.3 is 5.97 Å². The molecule has 10 nitrogen and oxygen atoms in total. The molecular formula is C24H30N4O6. The summed E-state index contributed by atoms with van der Waals surface area (Å²) in [6, 6.07) is 13.5. The molecule has 7 N–H and O–H groups in total. The van der Waals surface area contributed by atoms with E-state index in [1.807, 2.05) is 36.4 Å². The lowest BCUT2D eigenvalue weighted by molar-refractivity contribution is -0.142. The number of hydrogen-bond donors (Lipinski definition) is 6. The predicted molar refractivity (Wildman–Crippen MR) is 124 cm³/mol. The minimum Gasteiger partial charge on any atom is -0.480 e. The Hall–Kier alpha value is -3.76. The second-order valence-corrected chi connectivity index (χ2v) is 7.86. The first kappa shape index (κ1) is 26.5. The average molecular weight is 471 g/mol. The molecule has 0 bridgehead atoms. The smallest absolute Gasteiger partial charge is 0.325 e. The van der Waals surface area contributed by atoms with Gasteiger partial charge in [0.05, 0.1) is 12.6 Å². The summed E-state index contributed by atoms with van der Waals surface area (Å²) in [6.45, 7) is 0.493. The van der Waals surface area contributed by atoms with Gasteiger partial charge in [0.15, 0.2) is 0 Å². The number of carbonyl (C=O) groups excluding carboxylic acids is 3. The Balaban J connectivity index is 2.11. The third-order valence-electron chi connectivity index (χ3n) is 5.10. The molecule has 0 radical (unpaired) electrons. The fraction of sp³-hybridized carbons (Fsp3) is 0.333. The van der Waals surface area contributed by atoms with Crippen molar-refractivity contribution in [1.29, 1.82) is 0 Å². The van der Waals surface area contributed by atoms with Crippen molar-refractivity contribution in [1.82, 2.24) is 16.0 Å². The monoisotopic (exact) mass is 470 g/mol. The zero-order valence-electron chi connectivity index (χ0n) is 18.8. The Morgan fingerprint density at radius 3 is 1.74 bits per heavy atom. The molecule has 0 spiro atoms. The Labute approximate surface area is 197 Å². The van der Waals surface area contributed by atoms with Crippen LogP contribution in [0.25, 0.3) is 0 Å². The minimum atomic E-state index is -1.40. The Morgan fingerprint density at radius 2 is 1.24 bits per heavy atom. The van der Waals surface area contributed by atoms with Crippen molar-refractivity contribution in [3.05, 3.63) is 71.8 Å². The van der Waals surface area contributed by atoms with Crippen LogP contribution in [0.15, 0.2) is 60.7 Å². The molecule has 0 heterocycles. The van der Waals surface area contributed by atoms with Crippen LogP contribution in [0.3, 0.4) is 0 Å². The minimum absolute atomic E-state index is 0.113. The molecule has 2 aromatic rings. The number of aliphatic carboxylic acids is 1. The highest BCUT2D eigenvalue weighted by Gasteiger charge is 2.29. The van der Waals surface area contributed by atoms with Crippen LogP contribution in [0, 0.1) is 0 Å². The summed E-state index contributed by atoms with van der Waals surface area (Å²) in [7, 11) is 0. The largest absolute Gasteiger partial charge is 0.480 e. The summed E-state index contributed by atoms with van der Waals surface area (Å²) in [5.41, 5.74) is 7.66. The molecule has 0 saturated carbocycles. The van der Waals surface area contributed by atoms with Gasteiger partial charge in [-0.1, -0.05) is 60.7 Å². The van der Waals surface area contributed by atoms with E-state index in [4.69, 9.17) is 10.8 Å². The van der Waals surface area contributed by atoms with E-state index in [2.05, 4.69) is 16.0 Å². The highest BCUT2D eigenvalue weighted by atomic mass is 16.4. The van der Waals surface area contributed by atoms with Crippen molar-refractivity contribution in [2.24, 2.45) is 5.73 Å². The van der Waals surface area contributed by atoms with Crippen LogP contribution in [0.2, 0.25) is 0 Å². The van der Waals surface area contributed by atoms with Gasteiger partial charge < -0.3 is 31.9 Å². The van der Waals surface area contributed by atoms with Crippen LogP contribution >= 0.6 is 0 Å². The van der Waals surface area contributed by atoms with Gasteiger partial charge in [-0.3, -0.25) is 19.2 Å². The third-order valence-corrected chi connectivity index (χ3v) is 5.10. The van der Waals surface area contributed by atoms with Crippen LogP contribution in [0.1, 0.15) is 18.1 Å². The van der Waals surface area contributed by atoms with Gasteiger partial charge in [-0.2, -0.15) is 0 Å². The SMILES string of the molecule is CC(NC(=O)C(CO)NC(=O)C(Cc1ccccc1)NC(=O)C(N)Cc1ccccc1)C(=O)O. The fourth-order valence-electron chi connectivity index (χ4n) is 3.14. The molecule has 0 fully saturated rings. The highest BCUT2D eigenvalue weighted by Crippen LogP contribution is 2.06. The van der Waals surface area contributed by atoms with E-state index in [0.29, 0.717) is 0 Å². The Morgan fingerprint density at radius 1 is 0.765 bits per heavy atom. The number of rotatable bonds is 12. The van der Waals surface area contributed by atoms with E-state index < -0.39 is 54.5 Å². The number of carbonyl (C=O) groups is 4. The summed E-state index contributed by atoms with van der Waals surface area (Å²) in [5.74, 6) is -3.40. The van der Waals surface area contributed by atoms with Gasteiger partial charge in [0.1, 0.15) is 18.1 Å². The van der Waals surface area contributed by atoms with E-state index >= 15 is 0 Å². The van der Waals surface area contributed by atoms with Gasteiger partial charge in [0.2, 0.25) is 17.7 Å². The van der Waals surface area contributed by atoms with Gasteiger partial charge in [-0.15, -0.1) is 0 Å². The van der Waals surface area contributed by atoms with E-state index in [0.717, 1.165) is 11.1 Å². The number of benzene rings is 2. The van der Waals surface area contributed by atoms with E-state index in [1.165, 1.54) is 6.92 Å². The second-order valence-electron chi connectivity index (χ2n) is 7.86. The van der Waals surface area contributed by atoms with Crippen molar-refractivity contribution in [3.8, 4) is 0 Å². The fourth-order valence-corrected chi connectivity index (χ4v) is 3.14. The summed E-state index contributed by atoms with van der Waals surface area (Å²) >= 11 is 0. The van der Waals surface area contributed by atoms with Crippen molar-refractivity contribution < 1.29 is 29.4 Å². The molecule has 4 atom stereocenters. The lowest BCUT2D eigenvalue weighted by atomic mass is 10.0. The lowest BCUT2D eigenvalue weighted by Crippen LogP contribution is -2.58. The topological polar surface area (TPSA) is 171 Å². The van der Waals surface area contributed by atoms with E-state index in [9.17, 15) is 24.3 Å². The van der Waals surface area contributed by atoms with Gasteiger partial charge in [0, 0.05) is 6.42 Å². The normalized spacial score (nSPS) is 14.2. The van der Waals surface area contributed by atoms with Crippen molar-refractivity contribution in [3.63, 3.8) is 0 Å². The van der Waals surface area contributed by atoms with Crippen LogP contribution in [-0.2, 0) is 32.0 Å². The number of aliphatic hydroxyl groups is 1. The molecule has 182 valence electrons. The maximum atomic E-state index is 13.0. The maximum Gasteiger partial charge on any atom is 0.325 e. The second kappa shape index (κ2) is 13.1. The number of carboxylic acids is 1. The number of carboxylic acid groups (broad SMARTS) is 1. The summed E-state index contributed by atoms with van der Waals surface area (Å²) in [5, 5.41) is 25.7. The van der Waals surface area contributed by atoms with Gasteiger partial charge in [-0.25, -0.2) is 0 Å². The van der Waals surface area contributed by atoms with Crippen LogP contribution in [0.4, 0.5) is 0 Å². The first-order valence-corrected chi connectivity index (χ1v) is 10.8. The lowest BCUT2D eigenvalue weighted by Gasteiger charge is -2.24. The van der Waals surface area contributed by atoms with Crippen LogP contribution in [0.5, 0.6) is 0 Å². The summed E-state index contributed by atoms with van der Waals surface area (Å²) in [6.07, 6.45) is 0.378. The zero-order chi connectivity index (χ0) is 25.1. The van der Waals surface area contributed by atoms with Crippen LogP contribution in [-0.4, -0.2) is 64.7 Å². The van der Waals surface area contributed by atoms with Crippen molar-refractivity contribution >= 4 is 23.7 Å². The number of hydrogen-bond acceptors (Lipinski definition) is 6. The first-order chi connectivity index (χ1) is 16.2. The Bertz CT molecular complexity index is 970. The molecule has 4 unspecified atom stereocenters. The van der Waals surface area contributed by atoms with Gasteiger partial charge in [-0.05, 0) is 24.5 Å². The molecule has 0 aromatic heterocycles. The van der Waals surface area contributed by atoms with Crippen molar-refractivity contribution in [2.75, 3.05) is 6.61 Å². The Kier molecular flexibility index (Phi) is 10.2. The average Bonchev–Trinajstić information content (AvgIpc) is 2.82. The zero-order valence-corrected chi connectivity index (χ0v) is 18.8. The molecular weight excluding hydrogens is 440 g/mol. The number of amides is 3. The first-order valence-electron chi connectivity index (χ1n) is 10.8. The number of aliphatic hydroxyl groups excluding tert-OH is 1. The quantitative estimate of drug-likeness (QED) is 0.239. The molecule has 34 heavy (non-hydrogen) atoms. The third kappa shape index (κ3) is 8.30. The van der Waals surface area contributed by atoms with Crippen LogP contribution < -0.4 is 21.7 Å². The van der Waals surface area contributed by atoms with E-state index in [1.54, 1.807) is 24.3 Å². The van der Waals surface area contributed by atoms with E-state index in [-0.39, 0.29) is 12.8 Å². The molecule has 0 aliphatic heterocycles. The highest BCUT2D eigenvalue weighted by molar-refractivity contribution is 5.94. The molecule has 0 aliphatic carbocycles. The molecule has 2 rings (SSSR count). The molecule has 0 aliphatic rings. The number of nitrogens with one attached hydrogen (secondary N) is 3.